The van der Waals surface area contributed by atoms with Crippen LogP contribution in [-0.4, -0.2) is 77.1 Å². The maximum Gasteiger partial charge on any atom is 0.410 e. The van der Waals surface area contributed by atoms with Crippen LogP contribution in [0.25, 0.3) is 0 Å². The van der Waals surface area contributed by atoms with E-state index in [4.69, 9.17) is 4.74 Å². The van der Waals surface area contributed by atoms with E-state index >= 15 is 0 Å². The number of hydrogen-bond acceptors (Lipinski definition) is 7. The fraction of sp³-hybridized carbons (Fsp3) is 0.600. The average molecular weight is 402 g/mol. The van der Waals surface area contributed by atoms with Gasteiger partial charge in [0.15, 0.2) is 5.96 Å². The first kappa shape index (κ1) is 20.9. The Morgan fingerprint density at radius 3 is 2.76 bits per heavy atom. The van der Waals surface area contributed by atoms with E-state index in [1.807, 2.05) is 33.8 Å². The van der Waals surface area contributed by atoms with Crippen LogP contribution in [0.3, 0.4) is 0 Å². The van der Waals surface area contributed by atoms with Gasteiger partial charge in [0.25, 0.3) is 0 Å². The van der Waals surface area contributed by atoms with Crippen LogP contribution in [0, 0.1) is 6.92 Å². The Bertz CT molecular complexity index is 771. The molecule has 1 fully saturated rings. The molecule has 1 atom stereocenters. The summed E-state index contributed by atoms with van der Waals surface area (Å²) in [5, 5.41) is 6.03. The third-order valence-electron chi connectivity index (χ3n) is 4.67. The zero-order valence-electron chi connectivity index (χ0n) is 17.6. The maximum atomic E-state index is 12.3. The molecule has 9 nitrogen and oxygen atoms in total. The standard InChI is InChI=1S/C20H30N6O3/c1-14-5-6-16(22-11-14)24-17(27)7-8-21-18-23-12-15-13-25(9-10-26(15)18)19(28)29-20(2,3)4/h5-6,11,15H,7-10,12-13H2,1-4H3,(H,21,23)(H,22,24,27). The van der Waals surface area contributed by atoms with Gasteiger partial charge in [-0.1, -0.05) is 6.07 Å². The zero-order chi connectivity index (χ0) is 21.0. The lowest BCUT2D eigenvalue weighted by molar-refractivity contribution is -0.116. The molecule has 1 aromatic rings. The van der Waals surface area contributed by atoms with E-state index < -0.39 is 5.60 Å². The molecule has 0 aliphatic carbocycles. The van der Waals surface area contributed by atoms with E-state index in [2.05, 4.69) is 25.5 Å². The highest BCUT2D eigenvalue weighted by Crippen LogP contribution is 2.18. The van der Waals surface area contributed by atoms with Crippen LogP contribution in [0.15, 0.2) is 23.3 Å². The van der Waals surface area contributed by atoms with Crippen molar-refractivity contribution in [2.45, 2.75) is 45.8 Å². The maximum absolute atomic E-state index is 12.3. The lowest BCUT2D eigenvalue weighted by Crippen LogP contribution is -2.57. The summed E-state index contributed by atoms with van der Waals surface area (Å²) < 4.78 is 5.46. The highest BCUT2D eigenvalue weighted by atomic mass is 16.6. The Morgan fingerprint density at radius 2 is 2.07 bits per heavy atom. The van der Waals surface area contributed by atoms with Crippen LogP contribution in [-0.2, 0) is 9.53 Å². The number of piperazine rings is 1. The average Bonchev–Trinajstić information content (AvgIpc) is 3.04. The van der Waals surface area contributed by atoms with Crippen LogP contribution in [0.4, 0.5) is 10.6 Å². The fourth-order valence-electron chi connectivity index (χ4n) is 3.26. The number of rotatable bonds is 4. The number of amides is 2. The largest absolute Gasteiger partial charge is 0.444 e. The SMILES string of the molecule is Cc1ccc(NC(=O)CCNC2=NCC3CN(C(=O)OC(C)(C)C)CCN23)nc1. The van der Waals surface area contributed by atoms with Gasteiger partial charge in [-0.3, -0.25) is 9.79 Å². The molecule has 2 N–H and O–H groups in total. The van der Waals surface area contributed by atoms with Gasteiger partial charge in [-0.2, -0.15) is 0 Å². The number of carbonyl (C=O) groups is 2. The summed E-state index contributed by atoms with van der Waals surface area (Å²) in [6.07, 6.45) is 1.76. The summed E-state index contributed by atoms with van der Waals surface area (Å²) in [5.41, 5.74) is 0.548. The zero-order valence-corrected chi connectivity index (χ0v) is 17.6. The second-order valence-corrected chi connectivity index (χ2v) is 8.38. The molecule has 3 heterocycles. The number of aromatic nitrogens is 1. The van der Waals surface area contributed by atoms with Gasteiger partial charge in [-0.05, 0) is 39.3 Å². The Hall–Kier alpha value is -2.84. The van der Waals surface area contributed by atoms with E-state index in [9.17, 15) is 9.59 Å². The minimum atomic E-state index is -0.498. The first-order valence-electron chi connectivity index (χ1n) is 9.97. The van der Waals surface area contributed by atoms with Crippen molar-refractivity contribution in [2.75, 3.05) is 38.0 Å². The van der Waals surface area contributed by atoms with Gasteiger partial charge in [-0.25, -0.2) is 9.78 Å². The van der Waals surface area contributed by atoms with Crippen molar-refractivity contribution in [1.29, 1.82) is 0 Å². The monoisotopic (exact) mass is 402 g/mol. The number of hydrogen-bond donors (Lipinski definition) is 2. The number of aliphatic imine (C=N–C) groups is 1. The van der Waals surface area contributed by atoms with E-state index in [0.717, 1.165) is 11.5 Å². The fourth-order valence-corrected chi connectivity index (χ4v) is 3.26. The lowest BCUT2D eigenvalue weighted by atomic mass is 10.2. The molecule has 0 saturated carbocycles. The summed E-state index contributed by atoms with van der Waals surface area (Å²) in [5.74, 6) is 1.25. The predicted molar refractivity (Wildman–Crippen MR) is 111 cm³/mol. The summed E-state index contributed by atoms with van der Waals surface area (Å²) in [7, 11) is 0. The van der Waals surface area contributed by atoms with Gasteiger partial charge >= 0.3 is 6.09 Å². The number of anilines is 1. The van der Waals surface area contributed by atoms with Crippen LogP contribution < -0.4 is 10.6 Å². The number of fused-ring (bicyclic) bond motifs is 1. The first-order chi connectivity index (χ1) is 13.7. The third kappa shape index (κ3) is 5.82. The highest BCUT2D eigenvalue weighted by Gasteiger charge is 2.36. The number of carbonyl (C=O) groups excluding carboxylic acids is 2. The van der Waals surface area contributed by atoms with Crippen molar-refractivity contribution >= 4 is 23.8 Å². The molecular formula is C20H30N6O3. The molecule has 2 aliphatic heterocycles. The van der Waals surface area contributed by atoms with Crippen molar-refractivity contribution < 1.29 is 14.3 Å². The topological polar surface area (TPSA) is 99.2 Å². The molecule has 0 radical (unpaired) electrons. The summed E-state index contributed by atoms with van der Waals surface area (Å²) in [6.45, 7) is 10.5. The Kier molecular flexibility index (Phi) is 6.24. The van der Waals surface area contributed by atoms with E-state index in [0.29, 0.717) is 45.0 Å². The number of ether oxygens (including phenoxy) is 1. The molecule has 0 spiro atoms. The third-order valence-corrected chi connectivity index (χ3v) is 4.67. The number of nitrogens with zero attached hydrogens (tertiary/aromatic N) is 4. The van der Waals surface area contributed by atoms with Crippen molar-refractivity contribution in [2.24, 2.45) is 4.99 Å². The molecule has 158 valence electrons. The number of pyridine rings is 1. The quantitative estimate of drug-likeness (QED) is 0.794. The molecule has 1 unspecified atom stereocenters. The molecule has 9 heteroatoms. The predicted octanol–water partition coefficient (Wildman–Crippen LogP) is 1.60. The molecule has 29 heavy (non-hydrogen) atoms. The summed E-state index contributed by atoms with van der Waals surface area (Å²) in [4.78, 5) is 37.0. The van der Waals surface area contributed by atoms with Crippen LogP contribution in [0.5, 0.6) is 0 Å². The van der Waals surface area contributed by atoms with Crippen LogP contribution in [0.1, 0.15) is 32.8 Å². The van der Waals surface area contributed by atoms with Gasteiger partial charge < -0.3 is 25.2 Å². The second kappa shape index (κ2) is 8.67. The van der Waals surface area contributed by atoms with Crippen molar-refractivity contribution in [1.82, 2.24) is 20.1 Å². The lowest BCUT2D eigenvalue weighted by Gasteiger charge is -2.39. The first-order valence-corrected chi connectivity index (χ1v) is 9.97. The molecule has 2 aliphatic rings. The number of guanidine groups is 1. The molecule has 1 aromatic heterocycles. The minimum Gasteiger partial charge on any atom is -0.444 e. The van der Waals surface area contributed by atoms with Crippen LogP contribution in [0.2, 0.25) is 0 Å². The highest BCUT2D eigenvalue weighted by molar-refractivity contribution is 5.90. The molecule has 3 rings (SSSR count). The summed E-state index contributed by atoms with van der Waals surface area (Å²) in [6, 6.07) is 3.84. The Balaban J connectivity index is 1.41. The normalized spacial score (nSPS) is 18.8. The molecule has 1 saturated heterocycles. The van der Waals surface area contributed by atoms with E-state index in [1.165, 1.54) is 0 Å². The van der Waals surface area contributed by atoms with E-state index in [1.54, 1.807) is 17.2 Å². The number of aryl methyl sites for hydroxylation is 1. The van der Waals surface area contributed by atoms with Crippen molar-refractivity contribution in [3.63, 3.8) is 0 Å². The van der Waals surface area contributed by atoms with Gasteiger partial charge in [0.1, 0.15) is 11.4 Å². The van der Waals surface area contributed by atoms with Crippen molar-refractivity contribution in [3.05, 3.63) is 23.9 Å². The van der Waals surface area contributed by atoms with Gasteiger partial charge in [-0.15, -0.1) is 0 Å². The molecule has 0 bridgehead atoms. The second-order valence-electron chi connectivity index (χ2n) is 8.38. The molecule has 0 aromatic carbocycles. The molecule has 2 amide bonds. The number of nitrogens with one attached hydrogen (secondary N) is 2. The Labute approximate surface area is 171 Å². The van der Waals surface area contributed by atoms with Crippen molar-refractivity contribution in [3.8, 4) is 0 Å². The van der Waals surface area contributed by atoms with Gasteiger partial charge in [0.05, 0.1) is 12.6 Å². The smallest absolute Gasteiger partial charge is 0.410 e. The van der Waals surface area contributed by atoms with E-state index in [-0.39, 0.29) is 18.0 Å². The van der Waals surface area contributed by atoms with Gasteiger partial charge in [0, 0.05) is 38.8 Å². The Morgan fingerprint density at radius 1 is 1.28 bits per heavy atom. The molecular weight excluding hydrogens is 372 g/mol. The minimum absolute atomic E-state index is 0.0984. The van der Waals surface area contributed by atoms with Gasteiger partial charge in [0.2, 0.25) is 5.91 Å². The summed E-state index contributed by atoms with van der Waals surface area (Å²) >= 11 is 0. The van der Waals surface area contributed by atoms with Crippen LogP contribution >= 0.6 is 0 Å².